The van der Waals surface area contributed by atoms with Gasteiger partial charge in [0.05, 0.1) is 0 Å². The standard InChI is InChI=1S/3ClH.Sn/h3*1H;. The van der Waals surface area contributed by atoms with Crippen molar-refractivity contribution in [3.05, 3.63) is 0 Å². The molecule has 0 unspecified atom stereocenters. The average molecular weight is 228 g/mol. The summed E-state index contributed by atoms with van der Waals surface area (Å²) in [6.07, 6.45) is 0. The van der Waals surface area contributed by atoms with Gasteiger partial charge in [-0.05, 0) is 0 Å². The molecule has 0 heterocycles. The Labute approximate surface area is 60.9 Å². The van der Waals surface area contributed by atoms with Crippen molar-refractivity contribution < 1.29 is 0 Å². The van der Waals surface area contributed by atoms with Gasteiger partial charge in [-0.1, -0.05) is 0 Å². The first-order valence-corrected chi connectivity index (χ1v) is 0. The fourth-order valence-electron chi connectivity index (χ4n) is 0. The summed E-state index contributed by atoms with van der Waals surface area (Å²) in [5.74, 6) is 0. The molecular formula is H3Cl3Sn. The van der Waals surface area contributed by atoms with Crippen LogP contribution in [-0.4, -0.2) is 23.9 Å². The number of hydrogen-bond donors (Lipinski definition) is 0. The molecule has 0 nitrogen and oxygen atoms in total. The summed E-state index contributed by atoms with van der Waals surface area (Å²) in [5.41, 5.74) is 0. The Morgan fingerprint density at radius 1 is 0.500 bits per heavy atom. The summed E-state index contributed by atoms with van der Waals surface area (Å²) in [6, 6.07) is 0. The predicted octanol–water partition coefficient (Wildman–Crippen LogP) is 0.885. The van der Waals surface area contributed by atoms with Crippen LogP contribution in [0.2, 0.25) is 0 Å². The second-order valence-corrected chi connectivity index (χ2v) is 0. The van der Waals surface area contributed by atoms with E-state index < -0.39 is 0 Å². The van der Waals surface area contributed by atoms with Gasteiger partial charge in [-0.2, -0.15) is 0 Å². The van der Waals surface area contributed by atoms with Crippen molar-refractivity contribution in [2.45, 2.75) is 0 Å². The van der Waals surface area contributed by atoms with Crippen LogP contribution in [0.1, 0.15) is 0 Å². The van der Waals surface area contributed by atoms with Crippen molar-refractivity contribution in [2.75, 3.05) is 0 Å². The molecule has 0 aromatic heterocycles. The molecule has 0 amide bonds. The summed E-state index contributed by atoms with van der Waals surface area (Å²) >= 11 is 0. The minimum atomic E-state index is 0. The van der Waals surface area contributed by atoms with Gasteiger partial charge < -0.3 is 0 Å². The van der Waals surface area contributed by atoms with Crippen LogP contribution in [0.4, 0.5) is 0 Å². The van der Waals surface area contributed by atoms with E-state index in [0.29, 0.717) is 0 Å². The molecule has 0 spiro atoms. The third-order valence-corrected chi connectivity index (χ3v) is 0. The van der Waals surface area contributed by atoms with Crippen LogP contribution in [0.15, 0.2) is 0 Å². The van der Waals surface area contributed by atoms with Gasteiger partial charge in [0.1, 0.15) is 0 Å². The van der Waals surface area contributed by atoms with Gasteiger partial charge >= 0.3 is 0 Å². The summed E-state index contributed by atoms with van der Waals surface area (Å²) in [6.45, 7) is 0. The Hall–Kier alpha value is 1.67. The molecule has 0 aliphatic rings. The largest absolute Gasteiger partial charge is 0.147 e. The topological polar surface area (TPSA) is 0 Å². The van der Waals surface area contributed by atoms with Crippen molar-refractivity contribution in [3.63, 3.8) is 0 Å². The molecule has 4 heteroatoms. The summed E-state index contributed by atoms with van der Waals surface area (Å²) in [7, 11) is 0. The minimum absolute atomic E-state index is 0. The first kappa shape index (κ1) is 44.4. The average Bonchev–Trinajstić information content (AvgIpc) is 0. The minimum Gasteiger partial charge on any atom is -0.147 e. The van der Waals surface area contributed by atoms with Crippen molar-refractivity contribution in [3.8, 4) is 0 Å². The Balaban J connectivity index is 0. The van der Waals surface area contributed by atoms with Gasteiger partial charge in [0.15, 0.2) is 0 Å². The van der Waals surface area contributed by atoms with Crippen molar-refractivity contribution in [1.82, 2.24) is 0 Å². The van der Waals surface area contributed by atoms with E-state index in [4.69, 9.17) is 0 Å². The Kier molecular flexibility index (Phi) is 250. The fourth-order valence-corrected chi connectivity index (χ4v) is 0. The Morgan fingerprint density at radius 2 is 0.500 bits per heavy atom. The van der Waals surface area contributed by atoms with E-state index in [2.05, 4.69) is 0 Å². The SMILES string of the molecule is Cl.Cl.Cl.[Sn]. The van der Waals surface area contributed by atoms with E-state index >= 15 is 0 Å². The van der Waals surface area contributed by atoms with E-state index in [1.807, 2.05) is 0 Å². The maximum atomic E-state index is 0. The van der Waals surface area contributed by atoms with Gasteiger partial charge in [-0.3, -0.25) is 0 Å². The zero-order chi connectivity index (χ0) is 0. The third kappa shape index (κ3) is 9.38. The molecule has 28 valence electrons. The molecule has 0 saturated carbocycles. The molecule has 0 aliphatic carbocycles. The molecule has 0 aromatic rings. The first-order valence-electron chi connectivity index (χ1n) is 0. The normalized spacial score (nSPS) is 0. The molecule has 0 bridgehead atoms. The van der Waals surface area contributed by atoms with E-state index in [1.165, 1.54) is 0 Å². The number of rotatable bonds is 0. The summed E-state index contributed by atoms with van der Waals surface area (Å²) < 4.78 is 0. The molecule has 0 rings (SSSR count). The van der Waals surface area contributed by atoms with E-state index in [1.54, 1.807) is 0 Å². The Bertz CT molecular complexity index is 3.25. The summed E-state index contributed by atoms with van der Waals surface area (Å²) in [5, 5.41) is 0. The monoisotopic (exact) mass is 228 g/mol. The molecule has 0 fully saturated rings. The van der Waals surface area contributed by atoms with Gasteiger partial charge in [0.2, 0.25) is 0 Å². The molecule has 0 aliphatic heterocycles. The zero-order valence-corrected chi connectivity index (χ0v) is 7.03. The van der Waals surface area contributed by atoms with Crippen LogP contribution in [0, 0.1) is 0 Å². The van der Waals surface area contributed by atoms with Crippen molar-refractivity contribution in [2.24, 2.45) is 0 Å². The fraction of sp³-hybridized carbons (Fsp3) is 0. The molecule has 4 radical (unpaired) electrons. The van der Waals surface area contributed by atoms with Crippen LogP contribution in [-0.2, 0) is 0 Å². The molecule has 0 aromatic carbocycles. The van der Waals surface area contributed by atoms with Gasteiger partial charge in [-0.25, -0.2) is 0 Å². The molecule has 4 heavy (non-hydrogen) atoms. The van der Waals surface area contributed by atoms with E-state index in [9.17, 15) is 0 Å². The molecule has 0 N–H and O–H groups in total. The molecule has 0 atom stereocenters. The van der Waals surface area contributed by atoms with Gasteiger partial charge in [0, 0.05) is 23.9 Å². The van der Waals surface area contributed by atoms with Crippen molar-refractivity contribution in [1.29, 1.82) is 0 Å². The van der Waals surface area contributed by atoms with Crippen LogP contribution < -0.4 is 0 Å². The van der Waals surface area contributed by atoms with Crippen LogP contribution in [0.3, 0.4) is 0 Å². The maximum Gasteiger partial charge on any atom is 0 e. The zero-order valence-electron chi connectivity index (χ0n) is 1.72. The van der Waals surface area contributed by atoms with Crippen LogP contribution >= 0.6 is 37.2 Å². The predicted molar refractivity (Wildman–Crippen MR) is 27.5 cm³/mol. The Morgan fingerprint density at radius 3 is 0.500 bits per heavy atom. The number of halogens is 3. The third-order valence-electron chi connectivity index (χ3n) is 0. The van der Waals surface area contributed by atoms with Crippen LogP contribution in [0.5, 0.6) is 0 Å². The van der Waals surface area contributed by atoms with Crippen LogP contribution in [0.25, 0.3) is 0 Å². The smallest absolute Gasteiger partial charge is 0 e. The second-order valence-electron chi connectivity index (χ2n) is 0. The first-order chi connectivity index (χ1) is 0. The quantitative estimate of drug-likeness (QED) is 0.540. The number of hydrogen-bond acceptors (Lipinski definition) is 0. The van der Waals surface area contributed by atoms with E-state index in [-0.39, 0.29) is 61.1 Å². The maximum absolute atomic E-state index is 0. The molecular weight excluding hydrogens is 225 g/mol. The van der Waals surface area contributed by atoms with Gasteiger partial charge in [-0.15, -0.1) is 37.2 Å². The van der Waals surface area contributed by atoms with Crippen molar-refractivity contribution >= 4 is 61.1 Å². The summed E-state index contributed by atoms with van der Waals surface area (Å²) in [4.78, 5) is 0. The molecule has 0 saturated heterocycles. The van der Waals surface area contributed by atoms with E-state index in [0.717, 1.165) is 0 Å². The second kappa shape index (κ2) is 22.6. The van der Waals surface area contributed by atoms with Gasteiger partial charge in [0.25, 0.3) is 0 Å².